The Labute approximate surface area is 48.4 Å². The van der Waals surface area contributed by atoms with Crippen LogP contribution in [-0.2, 0) is 0 Å². The molecule has 4 heteroatoms. The zero-order valence-electron chi connectivity index (χ0n) is 4.51. The molecule has 0 rings (SSSR count). The highest BCUT2D eigenvalue weighted by Gasteiger charge is 2.10. The smallest absolute Gasteiger partial charge is 0.286 e. The molecule has 0 aliphatic carbocycles. The normalized spacial score (nSPS) is 11.3. The largest absolute Gasteiger partial charge is 0.343 e. The van der Waals surface area contributed by atoms with Crippen LogP contribution in [0.15, 0.2) is 0 Å². The third kappa shape index (κ3) is 2.50. The van der Waals surface area contributed by atoms with E-state index in [1.807, 2.05) is 0 Å². The first-order valence-electron chi connectivity index (χ1n) is 1.87. The van der Waals surface area contributed by atoms with E-state index < -0.39 is 0 Å². The van der Waals surface area contributed by atoms with Crippen LogP contribution in [0.5, 0.6) is 0 Å². The summed E-state index contributed by atoms with van der Waals surface area (Å²) in [4.78, 5) is 0. The summed E-state index contributed by atoms with van der Waals surface area (Å²) in [5.74, 6) is 5.35. The fraction of sp³-hybridized carbons (Fsp3) is 0.667. The molecule has 0 aromatic heterocycles. The average molecular weight is 120 g/mol. The molecule has 0 aliphatic rings. The maximum absolute atomic E-state index is 5.35. The number of nitrogens with zero attached hydrogens (tertiary/aromatic N) is 1. The summed E-state index contributed by atoms with van der Waals surface area (Å²) in [5.41, 5.74) is 5.15. The number of hydrogen-bond donors (Lipinski definition) is 2. The van der Waals surface area contributed by atoms with Crippen LogP contribution in [0.4, 0.5) is 0 Å². The second-order valence-electron chi connectivity index (χ2n) is 1.88. The summed E-state index contributed by atoms with van der Waals surface area (Å²) in [6, 6.07) is 0. The molecule has 0 spiro atoms. The predicted octanol–water partition coefficient (Wildman–Crippen LogP) is -0.820. The zero-order chi connectivity index (χ0) is 6.08. The monoisotopic (exact) mass is 120 g/mol. The third-order valence-corrected chi connectivity index (χ3v) is 1.04. The lowest BCUT2D eigenvalue weighted by Crippen LogP contribution is -2.54. The first kappa shape index (κ1) is 6.81. The van der Waals surface area contributed by atoms with Crippen LogP contribution in [0.1, 0.15) is 0 Å². The fourth-order valence-electron chi connectivity index (χ4n) is 0. The maximum atomic E-state index is 5.35. The summed E-state index contributed by atoms with van der Waals surface area (Å²) < 4.78 is 0.0648. The van der Waals surface area contributed by atoms with Crippen LogP contribution in [0, 0.1) is 0 Å². The molecule has 42 valence electrons. The summed E-state index contributed by atoms with van der Waals surface area (Å²) in [5, 5.41) is 0.292. The topological polar surface area (TPSA) is 52.0 Å². The lowest BCUT2D eigenvalue weighted by Gasteiger charge is -2.17. The molecule has 0 amide bonds. The van der Waals surface area contributed by atoms with Crippen molar-refractivity contribution >= 4 is 17.3 Å². The van der Waals surface area contributed by atoms with Gasteiger partial charge in [0.25, 0.3) is 5.11 Å². The highest BCUT2D eigenvalue weighted by Crippen LogP contribution is 1.80. The average Bonchev–Trinajstić information content (AvgIpc) is 1.31. The Morgan fingerprint density at radius 3 is 1.71 bits per heavy atom. The molecular weight excluding hydrogens is 110 g/mol. The quantitative estimate of drug-likeness (QED) is 0.190. The fourth-order valence-corrected chi connectivity index (χ4v) is 0. The van der Waals surface area contributed by atoms with Crippen molar-refractivity contribution in [2.24, 2.45) is 11.6 Å². The Morgan fingerprint density at radius 1 is 1.57 bits per heavy atom. The van der Waals surface area contributed by atoms with Crippen molar-refractivity contribution in [1.82, 2.24) is 0 Å². The van der Waals surface area contributed by atoms with Crippen molar-refractivity contribution in [3.8, 4) is 0 Å². The van der Waals surface area contributed by atoms with Gasteiger partial charge in [0.1, 0.15) is 0 Å². The maximum Gasteiger partial charge on any atom is 0.286 e. The summed E-state index contributed by atoms with van der Waals surface area (Å²) in [7, 11) is 3.42. The predicted molar refractivity (Wildman–Crippen MR) is 33.1 cm³/mol. The Bertz CT molecular complexity index is 82.7. The van der Waals surface area contributed by atoms with Gasteiger partial charge < -0.3 is 5.73 Å². The molecule has 0 aliphatic heterocycles. The Balaban J connectivity index is 3.79. The van der Waals surface area contributed by atoms with Crippen molar-refractivity contribution < 1.29 is 4.59 Å². The lowest BCUT2D eigenvalue weighted by molar-refractivity contribution is -0.810. The third-order valence-electron chi connectivity index (χ3n) is 0.568. The van der Waals surface area contributed by atoms with Gasteiger partial charge in [0.2, 0.25) is 0 Å². The highest BCUT2D eigenvalue weighted by molar-refractivity contribution is 7.79. The minimum absolute atomic E-state index is 0.0648. The molecular formula is C3H10N3S+. The van der Waals surface area contributed by atoms with Gasteiger partial charge in [-0.05, 0) is 0 Å². The van der Waals surface area contributed by atoms with Crippen molar-refractivity contribution in [2.45, 2.75) is 0 Å². The highest BCUT2D eigenvalue weighted by atomic mass is 32.1. The number of quaternary nitrogens is 1. The van der Waals surface area contributed by atoms with Crippen molar-refractivity contribution in [1.29, 1.82) is 0 Å². The molecule has 0 heterocycles. The molecule has 0 fully saturated rings. The first-order valence-corrected chi connectivity index (χ1v) is 2.28. The summed E-state index contributed by atoms with van der Waals surface area (Å²) in [6.45, 7) is 0. The summed E-state index contributed by atoms with van der Waals surface area (Å²) in [6.07, 6.45) is 0. The standard InChI is InChI=1S/C3H9N3S/c1-6(2,5)3(4)7/h5H2,1-2H3,(H-,4,7)/p+1. The van der Waals surface area contributed by atoms with Crippen LogP contribution in [0.25, 0.3) is 0 Å². The number of hydrogen-bond acceptors (Lipinski definition) is 2. The van der Waals surface area contributed by atoms with Gasteiger partial charge in [0.05, 0.1) is 14.1 Å². The van der Waals surface area contributed by atoms with Crippen molar-refractivity contribution in [3.63, 3.8) is 0 Å². The molecule has 0 aromatic carbocycles. The molecule has 0 atom stereocenters. The van der Waals surface area contributed by atoms with Gasteiger partial charge in [-0.3, -0.25) is 0 Å². The van der Waals surface area contributed by atoms with E-state index in [0.29, 0.717) is 5.11 Å². The minimum Gasteiger partial charge on any atom is -0.343 e. The molecule has 7 heavy (non-hydrogen) atoms. The van der Waals surface area contributed by atoms with Gasteiger partial charge in [-0.2, -0.15) is 10.4 Å². The molecule has 0 aromatic rings. The molecule has 0 unspecified atom stereocenters. The van der Waals surface area contributed by atoms with Crippen LogP contribution in [0.3, 0.4) is 0 Å². The van der Waals surface area contributed by atoms with Gasteiger partial charge in [-0.1, -0.05) is 0 Å². The molecule has 4 N–H and O–H groups in total. The number of nitrogens with two attached hydrogens (primary N) is 2. The van der Waals surface area contributed by atoms with Crippen molar-refractivity contribution in [3.05, 3.63) is 0 Å². The van der Waals surface area contributed by atoms with E-state index >= 15 is 0 Å². The van der Waals surface area contributed by atoms with Gasteiger partial charge >= 0.3 is 0 Å². The van der Waals surface area contributed by atoms with Gasteiger partial charge in [0, 0.05) is 12.2 Å². The van der Waals surface area contributed by atoms with Gasteiger partial charge in [-0.15, -0.1) is 0 Å². The zero-order valence-corrected chi connectivity index (χ0v) is 5.33. The Kier molecular flexibility index (Phi) is 1.68. The number of thiocarbonyl (C=S) groups is 1. The van der Waals surface area contributed by atoms with Crippen LogP contribution in [0.2, 0.25) is 0 Å². The van der Waals surface area contributed by atoms with E-state index in [0.717, 1.165) is 0 Å². The van der Waals surface area contributed by atoms with Crippen LogP contribution >= 0.6 is 12.2 Å². The second kappa shape index (κ2) is 1.73. The van der Waals surface area contributed by atoms with E-state index in [-0.39, 0.29) is 4.59 Å². The lowest BCUT2D eigenvalue weighted by atomic mass is 10.8. The minimum atomic E-state index is 0.0648. The van der Waals surface area contributed by atoms with Gasteiger partial charge in [-0.25, -0.2) is 0 Å². The van der Waals surface area contributed by atoms with Crippen LogP contribution < -0.4 is 11.6 Å². The Morgan fingerprint density at radius 2 is 1.71 bits per heavy atom. The Hall–Kier alpha value is -0.190. The SMILES string of the molecule is C[N+](C)(N)C(N)=S. The molecule has 0 saturated carbocycles. The summed E-state index contributed by atoms with van der Waals surface area (Å²) >= 11 is 4.56. The van der Waals surface area contributed by atoms with Crippen LogP contribution in [-0.4, -0.2) is 23.8 Å². The van der Waals surface area contributed by atoms with Gasteiger partial charge in [0.15, 0.2) is 0 Å². The van der Waals surface area contributed by atoms with E-state index in [9.17, 15) is 0 Å². The second-order valence-corrected chi connectivity index (χ2v) is 2.30. The molecule has 0 radical (unpaired) electrons. The molecule has 0 bridgehead atoms. The molecule has 3 nitrogen and oxygen atoms in total. The van der Waals surface area contributed by atoms with Crippen molar-refractivity contribution in [2.75, 3.05) is 14.1 Å². The first-order chi connectivity index (χ1) is 2.94. The number of rotatable bonds is 0. The van der Waals surface area contributed by atoms with E-state index in [4.69, 9.17) is 11.6 Å². The van der Waals surface area contributed by atoms with E-state index in [2.05, 4.69) is 12.2 Å². The van der Waals surface area contributed by atoms with E-state index in [1.165, 1.54) is 0 Å². The van der Waals surface area contributed by atoms with E-state index in [1.54, 1.807) is 14.1 Å². The molecule has 0 saturated heterocycles.